The number of fused-ring (bicyclic) bond motifs is 1. The lowest BCUT2D eigenvalue weighted by Crippen LogP contribution is -1.88. The summed E-state index contributed by atoms with van der Waals surface area (Å²) in [6, 6.07) is 28.2. The van der Waals surface area contributed by atoms with Gasteiger partial charge in [0.15, 0.2) is 0 Å². The Morgan fingerprint density at radius 1 is 0.733 bits per heavy atom. The maximum absolute atomic E-state index is 14.3. The van der Waals surface area contributed by atoms with Crippen molar-refractivity contribution in [3.63, 3.8) is 0 Å². The number of hydrogen-bond acceptors (Lipinski definition) is 1. The molecule has 0 amide bonds. The number of halogens is 1. The summed E-state index contributed by atoms with van der Waals surface area (Å²) in [6.07, 6.45) is 4.92. The topological polar surface area (TPSA) is 23.8 Å². The van der Waals surface area contributed by atoms with Crippen molar-refractivity contribution in [3.05, 3.63) is 95.8 Å². The van der Waals surface area contributed by atoms with Crippen LogP contribution in [0.1, 0.15) is 37.3 Å². The van der Waals surface area contributed by atoms with Crippen LogP contribution in [0.2, 0.25) is 0 Å². The molecule has 4 aromatic carbocycles. The minimum absolute atomic E-state index is 0.0796. The molecule has 0 radical (unpaired) electrons. The third-order valence-electron chi connectivity index (χ3n) is 5.65. The van der Waals surface area contributed by atoms with E-state index in [0.29, 0.717) is 5.39 Å². The predicted octanol–water partition coefficient (Wildman–Crippen LogP) is 7.92. The fourth-order valence-electron chi connectivity index (χ4n) is 3.86. The summed E-state index contributed by atoms with van der Waals surface area (Å²) >= 11 is 0. The van der Waals surface area contributed by atoms with Crippen molar-refractivity contribution in [2.45, 2.75) is 32.6 Å². The quantitative estimate of drug-likeness (QED) is 0.305. The molecule has 0 unspecified atom stereocenters. The monoisotopic (exact) mass is 393 g/mol. The summed E-state index contributed by atoms with van der Waals surface area (Å²) in [6.45, 7) is 2.23. The Bertz CT molecular complexity index is 1200. The van der Waals surface area contributed by atoms with Gasteiger partial charge < -0.3 is 0 Å². The number of nitriles is 1. The average Bonchev–Trinajstić information content (AvgIpc) is 2.80. The van der Waals surface area contributed by atoms with Crippen molar-refractivity contribution in [2.75, 3.05) is 0 Å². The standard InChI is InChI=1S/C28H24FN/c1-2-3-4-5-20-6-8-21(9-7-20)22-10-12-23(13-11-22)24-16-17-27-25(18-24)14-15-26(19-30)28(27)29/h6-18H,2-5H2,1H3. The molecular formula is C28H24FN. The van der Waals surface area contributed by atoms with E-state index < -0.39 is 5.82 Å². The number of rotatable bonds is 6. The van der Waals surface area contributed by atoms with Crippen LogP contribution in [0.5, 0.6) is 0 Å². The summed E-state index contributed by atoms with van der Waals surface area (Å²) in [5, 5.41) is 10.3. The predicted molar refractivity (Wildman–Crippen MR) is 123 cm³/mol. The average molecular weight is 394 g/mol. The van der Waals surface area contributed by atoms with Crippen molar-refractivity contribution in [2.24, 2.45) is 0 Å². The zero-order valence-electron chi connectivity index (χ0n) is 17.2. The smallest absolute Gasteiger partial charge is 0.148 e. The Labute approximate surface area is 177 Å². The van der Waals surface area contributed by atoms with E-state index in [1.807, 2.05) is 18.2 Å². The molecule has 0 spiro atoms. The Hall–Kier alpha value is -3.44. The SMILES string of the molecule is CCCCCc1ccc(-c2ccc(-c3ccc4c(F)c(C#N)ccc4c3)cc2)cc1. The van der Waals surface area contributed by atoms with Crippen molar-refractivity contribution < 1.29 is 4.39 Å². The van der Waals surface area contributed by atoms with Crippen LogP contribution in [0.4, 0.5) is 4.39 Å². The molecule has 0 aromatic heterocycles. The van der Waals surface area contributed by atoms with Gasteiger partial charge in [-0.05, 0) is 58.2 Å². The first-order chi connectivity index (χ1) is 14.7. The van der Waals surface area contributed by atoms with Gasteiger partial charge in [-0.1, -0.05) is 86.5 Å². The Balaban J connectivity index is 1.55. The van der Waals surface area contributed by atoms with Crippen LogP contribution in [-0.4, -0.2) is 0 Å². The number of benzene rings is 4. The van der Waals surface area contributed by atoms with Crippen LogP contribution >= 0.6 is 0 Å². The highest BCUT2D eigenvalue weighted by molar-refractivity contribution is 5.89. The molecule has 0 bridgehead atoms. The third-order valence-corrected chi connectivity index (χ3v) is 5.65. The van der Waals surface area contributed by atoms with E-state index in [1.165, 1.54) is 42.0 Å². The normalized spacial score (nSPS) is 10.8. The highest BCUT2D eigenvalue weighted by atomic mass is 19.1. The van der Waals surface area contributed by atoms with Crippen LogP contribution < -0.4 is 0 Å². The molecule has 2 heteroatoms. The lowest BCUT2D eigenvalue weighted by molar-refractivity contribution is 0.636. The highest BCUT2D eigenvalue weighted by Gasteiger charge is 2.08. The second-order valence-electron chi connectivity index (χ2n) is 7.71. The molecule has 4 rings (SSSR count). The van der Waals surface area contributed by atoms with Gasteiger partial charge in [0.2, 0.25) is 0 Å². The largest absolute Gasteiger partial charge is 0.205 e. The summed E-state index contributed by atoms with van der Waals surface area (Å²) in [5.74, 6) is -0.449. The first kappa shape index (κ1) is 19.9. The zero-order chi connectivity index (χ0) is 20.9. The van der Waals surface area contributed by atoms with Crippen LogP contribution in [0, 0.1) is 17.1 Å². The van der Waals surface area contributed by atoms with E-state index >= 15 is 0 Å². The summed E-state index contributed by atoms with van der Waals surface area (Å²) in [5.41, 5.74) is 5.99. The molecule has 0 N–H and O–H groups in total. The van der Waals surface area contributed by atoms with Crippen molar-refractivity contribution in [1.82, 2.24) is 0 Å². The lowest BCUT2D eigenvalue weighted by Gasteiger charge is -2.08. The molecule has 0 saturated heterocycles. The molecule has 4 aromatic rings. The van der Waals surface area contributed by atoms with Crippen LogP contribution in [-0.2, 0) is 6.42 Å². The molecule has 0 atom stereocenters. The van der Waals surface area contributed by atoms with Gasteiger partial charge in [-0.2, -0.15) is 5.26 Å². The molecule has 0 aliphatic heterocycles. The van der Waals surface area contributed by atoms with E-state index in [2.05, 4.69) is 55.5 Å². The van der Waals surface area contributed by atoms with Crippen LogP contribution in [0.3, 0.4) is 0 Å². The van der Waals surface area contributed by atoms with Gasteiger partial charge in [0.1, 0.15) is 11.9 Å². The molecule has 0 heterocycles. The highest BCUT2D eigenvalue weighted by Crippen LogP contribution is 2.29. The van der Waals surface area contributed by atoms with Gasteiger partial charge in [0.25, 0.3) is 0 Å². The second-order valence-corrected chi connectivity index (χ2v) is 7.71. The van der Waals surface area contributed by atoms with Gasteiger partial charge in [0, 0.05) is 5.39 Å². The van der Waals surface area contributed by atoms with Gasteiger partial charge in [-0.15, -0.1) is 0 Å². The van der Waals surface area contributed by atoms with Gasteiger partial charge in [-0.3, -0.25) is 0 Å². The molecule has 0 saturated carbocycles. The second kappa shape index (κ2) is 8.93. The number of aryl methyl sites for hydroxylation is 1. The maximum atomic E-state index is 14.3. The number of nitrogens with zero attached hydrogens (tertiary/aromatic N) is 1. The summed E-state index contributed by atoms with van der Waals surface area (Å²) in [4.78, 5) is 0. The minimum Gasteiger partial charge on any atom is -0.205 e. The zero-order valence-corrected chi connectivity index (χ0v) is 17.2. The molecule has 0 fully saturated rings. The first-order valence-corrected chi connectivity index (χ1v) is 10.5. The molecule has 148 valence electrons. The number of unbranched alkanes of at least 4 members (excludes halogenated alkanes) is 2. The summed E-state index contributed by atoms with van der Waals surface area (Å²) in [7, 11) is 0. The first-order valence-electron chi connectivity index (χ1n) is 10.5. The van der Waals surface area contributed by atoms with E-state index in [0.717, 1.165) is 22.9 Å². The Morgan fingerprint density at radius 3 is 1.97 bits per heavy atom. The molecule has 0 aliphatic carbocycles. The molecule has 30 heavy (non-hydrogen) atoms. The van der Waals surface area contributed by atoms with Crippen molar-refractivity contribution in [1.29, 1.82) is 5.26 Å². The fraction of sp³-hybridized carbons (Fsp3) is 0.179. The number of hydrogen-bond donors (Lipinski definition) is 0. The van der Waals surface area contributed by atoms with E-state index in [-0.39, 0.29) is 5.56 Å². The Kier molecular flexibility index (Phi) is 5.91. The molecule has 0 aliphatic rings. The summed E-state index contributed by atoms with van der Waals surface area (Å²) < 4.78 is 14.3. The fourth-order valence-corrected chi connectivity index (χ4v) is 3.86. The van der Waals surface area contributed by atoms with Crippen LogP contribution in [0.15, 0.2) is 78.9 Å². The minimum atomic E-state index is -0.449. The van der Waals surface area contributed by atoms with E-state index in [4.69, 9.17) is 5.26 Å². The third kappa shape index (κ3) is 4.11. The molecule has 1 nitrogen and oxygen atoms in total. The van der Waals surface area contributed by atoms with Gasteiger partial charge in [-0.25, -0.2) is 4.39 Å². The lowest BCUT2D eigenvalue weighted by atomic mass is 9.97. The Morgan fingerprint density at radius 2 is 1.33 bits per heavy atom. The molecular weight excluding hydrogens is 369 g/mol. The van der Waals surface area contributed by atoms with Crippen molar-refractivity contribution >= 4 is 10.8 Å². The maximum Gasteiger partial charge on any atom is 0.148 e. The van der Waals surface area contributed by atoms with E-state index in [1.54, 1.807) is 12.1 Å². The van der Waals surface area contributed by atoms with Crippen LogP contribution in [0.25, 0.3) is 33.0 Å². The van der Waals surface area contributed by atoms with Crippen molar-refractivity contribution in [3.8, 4) is 28.3 Å². The van der Waals surface area contributed by atoms with Gasteiger partial charge >= 0.3 is 0 Å². The van der Waals surface area contributed by atoms with Gasteiger partial charge in [0.05, 0.1) is 5.56 Å². The van der Waals surface area contributed by atoms with E-state index in [9.17, 15) is 4.39 Å².